The summed E-state index contributed by atoms with van der Waals surface area (Å²) in [7, 11) is 0. The van der Waals surface area contributed by atoms with Crippen LogP contribution in [-0.2, 0) is 15.1 Å². The predicted molar refractivity (Wildman–Crippen MR) is 137 cm³/mol. The Bertz CT molecular complexity index is 983. The highest BCUT2D eigenvalue weighted by Crippen LogP contribution is 2.36. The Labute approximate surface area is 207 Å². The minimum Gasteiger partial charge on any atom is -0.444 e. The number of benzene rings is 3. The molecule has 0 aromatic heterocycles. The molecule has 6 heteroatoms. The lowest BCUT2D eigenvalue weighted by molar-refractivity contribution is -0.122. The average Bonchev–Trinajstić information content (AvgIpc) is 2.85. The Morgan fingerprint density at radius 2 is 1.23 bits per heavy atom. The summed E-state index contributed by atoms with van der Waals surface area (Å²) in [5.41, 5.74) is 1.22. The summed E-state index contributed by atoms with van der Waals surface area (Å²) < 4.78 is 5.27. The lowest BCUT2D eigenvalue weighted by atomic mass is 9.77. The van der Waals surface area contributed by atoms with Crippen molar-refractivity contribution in [3.63, 3.8) is 0 Å². The topological polar surface area (TPSA) is 87.7 Å². The van der Waals surface area contributed by atoms with Crippen LogP contribution in [0.4, 0.5) is 4.79 Å². The lowest BCUT2D eigenvalue weighted by Gasteiger charge is -2.37. The van der Waals surface area contributed by atoms with Crippen molar-refractivity contribution in [2.75, 3.05) is 6.61 Å². The van der Waals surface area contributed by atoms with Crippen LogP contribution in [0.1, 0.15) is 50.3 Å². The van der Waals surface area contributed by atoms with Gasteiger partial charge in [0, 0.05) is 6.42 Å². The Kier molecular flexibility index (Phi) is 8.66. The van der Waals surface area contributed by atoms with E-state index in [-0.39, 0.29) is 25.4 Å². The van der Waals surface area contributed by atoms with Crippen molar-refractivity contribution in [3.05, 3.63) is 108 Å². The van der Waals surface area contributed by atoms with Crippen molar-refractivity contribution < 1.29 is 19.4 Å². The van der Waals surface area contributed by atoms with Crippen LogP contribution in [0.25, 0.3) is 0 Å². The van der Waals surface area contributed by atoms with E-state index < -0.39 is 23.3 Å². The van der Waals surface area contributed by atoms with Crippen molar-refractivity contribution in [2.24, 2.45) is 0 Å². The maximum atomic E-state index is 13.4. The number of nitrogens with one attached hydrogen (secondary N) is 2. The number of alkyl carbamates (subject to hydrolysis) is 1. The average molecular weight is 475 g/mol. The van der Waals surface area contributed by atoms with Gasteiger partial charge >= 0.3 is 6.09 Å². The van der Waals surface area contributed by atoms with Crippen LogP contribution in [0.3, 0.4) is 0 Å². The van der Waals surface area contributed by atoms with Gasteiger partial charge in [-0.1, -0.05) is 91.0 Å². The van der Waals surface area contributed by atoms with E-state index in [0.29, 0.717) is 0 Å². The summed E-state index contributed by atoms with van der Waals surface area (Å²) in [4.78, 5) is 25.5. The number of aliphatic hydroxyl groups excluding tert-OH is 1. The SMILES string of the molecule is CC(C)(C)OC(=O)N[C@H](CO)CCC(=O)NC(c1ccccc1)(c1ccccc1)c1ccccc1. The number of amides is 2. The van der Waals surface area contributed by atoms with Gasteiger partial charge in [-0.3, -0.25) is 4.79 Å². The van der Waals surface area contributed by atoms with Gasteiger partial charge in [-0.05, 0) is 43.9 Å². The summed E-state index contributed by atoms with van der Waals surface area (Å²) >= 11 is 0. The minimum atomic E-state index is -0.909. The van der Waals surface area contributed by atoms with Crippen LogP contribution in [0, 0.1) is 0 Å². The van der Waals surface area contributed by atoms with Crippen LogP contribution >= 0.6 is 0 Å². The fourth-order valence-corrected chi connectivity index (χ4v) is 4.04. The number of carbonyl (C=O) groups excluding carboxylic acids is 2. The normalized spacial score (nSPS) is 12.5. The summed E-state index contributed by atoms with van der Waals surface area (Å²) in [6.45, 7) is 5.01. The van der Waals surface area contributed by atoms with Gasteiger partial charge in [0.1, 0.15) is 11.1 Å². The second-order valence-corrected chi connectivity index (χ2v) is 9.46. The molecular formula is C29H34N2O4. The van der Waals surface area contributed by atoms with Crippen molar-refractivity contribution in [1.82, 2.24) is 10.6 Å². The fraction of sp³-hybridized carbons (Fsp3) is 0.310. The summed E-state index contributed by atoms with van der Waals surface area (Å²) in [6, 6.07) is 29.0. The van der Waals surface area contributed by atoms with Crippen LogP contribution in [-0.4, -0.2) is 35.4 Å². The molecular weight excluding hydrogens is 440 g/mol. The number of hydrogen-bond acceptors (Lipinski definition) is 4. The lowest BCUT2D eigenvalue weighted by Crippen LogP contribution is -2.48. The van der Waals surface area contributed by atoms with E-state index in [9.17, 15) is 14.7 Å². The molecule has 0 unspecified atom stereocenters. The largest absolute Gasteiger partial charge is 0.444 e. The van der Waals surface area contributed by atoms with Crippen LogP contribution < -0.4 is 10.6 Å². The van der Waals surface area contributed by atoms with Gasteiger partial charge < -0.3 is 20.5 Å². The molecule has 0 aliphatic carbocycles. The Morgan fingerprint density at radius 3 is 1.60 bits per heavy atom. The van der Waals surface area contributed by atoms with E-state index in [2.05, 4.69) is 10.6 Å². The third-order valence-electron chi connectivity index (χ3n) is 5.61. The first-order valence-electron chi connectivity index (χ1n) is 11.8. The molecule has 0 spiro atoms. The van der Waals surface area contributed by atoms with Gasteiger partial charge in [0.05, 0.1) is 12.6 Å². The molecule has 3 N–H and O–H groups in total. The van der Waals surface area contributed by atoms with Crippen LogP contribution in [0.15, 0.2) is 91.0 Å². The molecule has 35 heavy (non-hydrogen) atoms. The Morgan fingerprint density at radius 1 is 0.800 bits per heavy atom. The first-order chi connectivity index (χ1) is 16.7. The maximum Gasteiger partial charge on any atom is 0.407 e. The van der Waals surface area contributed by atoms with E-state index in [1.54, 1.807) is 20.8 Å². The highest BCUT2D eigenvalue weighted by molar-refractivity contribution is 5.79. The molecule has 0 heterocycles. The molecule has 0 saturated heterocycles. The van der Waals surface area contributed by atoms with E-state index in [0.717, 1.165) is 16.7 Å². The molecule has 0 saturated carbocycles. The maximum absolute atomic E-state index is 13.4. The number of rotatable bonds is 9. The van der Waals surface area contributed by atoms with Gasteiger partial charge in [-0.2, -0.15) is 0 Å². The minimum absolute atomic E-state index is 0.106. The van der Waals surface area contributed by atoms with Crippen molar-refractivity contribution in [3.8, 4) is 0 Å². The summed E-state index contributed by atoms with van der Waals surface area (Å²) in [5, 5.41) is 15.7. The third kappa shape index (κ3) is 6.93. The third-order valence-corrected chi connectivity index (χ3v) is 5.61. The first-order valence-corrected chi connectivity index (χ1v) is 11.8. The smallest absolute Gasteiger partial charge is 0.407 e. The zero-order valence-corrected chi connectivity index (χ0v) is 20.5. The van der Waals surface area contributed by atoms with Gasteiger partial charge in [0.15, 0.2) is 0 Å². The number of carbonyl (C=O) groups is 2. The molecule has 0 bridgehead atoms. The van der Waals surface area contributed by atoms with Crippen molar-refractivity contribution in [1.29, 1.82) is 0 Å². The molecule has 2 amide bonds. The van der Waals surface area contributed by atoms with E-state index in [4.69, 9.17) is 4.74 Å². The summed E-state index contributed by atoms with van der Waals surface area (Å²) in [6.07, 6.45) is -0.255. The van der Waals surface area contributed by atoms with Gasteiger partial charge in [-0.25, -0.2) is 4.79 Å². The highest BCUT2D eigenvalue weighted by atomic mass is 16.6. The van der Waals surface area contributed by atoms with Crippen molar-refractivity contribution >= 4 is 12.0 Å². The van der Waals surface area contributed by atoms with Crippen LogP contribution in [0.5, 0.6) is 0 Å². The number of aliphatic hydroxyl groups is 1. The molecule has 0 aliphatic rings. The molecule has 0 aliphatic heterocycles. The zero-order chi connectivity index (χ0) is 25.3. The molecule has 3 rings (SSSR count). The number of hydrogen-bond donors (Lipinski definition) is 3. The number of ether oxygens (including phenoxy) is 1. The zero-order valence-electron chi connectivity index (χ0n) is 20.5. The highest BCUT2D eigenvalue weighted by Gasteiger charge is 2.37. The fourth-order valence-electron chi connectivity index (χ4n) is 4.04. The molecule has 0 radical (unpaired) electrons. The first kappa shape index (κ1) is 26.0. The van der Waals surface area contributed by atoms with E-state index in [1.165, 1.54) is 0 Å². The van der Waals surface area contributed by atoms with Gasteiger partial charge in [0.25, 0.3) is 0 Å². The molecule has 1 atom stereocenters. The van der Waals surface area contributed by atoms with Gasteiger partial charge in [-0.15, -0.1) is 0 Å². The Balaban J connectivity index is 1.87. The molecule has 3 aromatic carbocycles. The Hall–Kier alpha value is -3.64. The van der Waals surface area contributed by atoms with E-state index in [1.807, 2.05) is 91.0 Å². The summed E-state index contributed by atoms with van der Waals surface area (Å²) in [5.74, 6) is -0.203. The van der Waals surface area contributed by atoms with Gasteiger partial charge in [0.2, 0.25) is 5.91 Å². The molecule has 184 valence electrons. The van der Waals surface area contributed by atoms with Crippen molar-refractivity contribution in [2.45, 2.75) is 50.8 Å². The molecule has 6 nitrogen and oxygen atoms in total. The molecule has 3 aromatic rings. The van der Waals surface area contributed by atoms with E-state index >= 15 is 0 Å². The quantitative estimate of drug-likeness (QED) is 0.390. The predicted octanol–water partition coefficient (Wildman–Crippen LogP) is 4.76. The standard InChI is InChI=1S/C29H34N2O4/c1-28(2,3)35-27(34)30-25(21-32)19-20-26(33)31-29(22-13-7-4-8-14-22,23-15-9-5-10-16-23)24-17-11-6-12-18-24/h4-18,25,32H,19-21H2,1-3H3,(H,30,34)(H,31,33)/t25-/m0/s1. The monoisotopic (exact) mass is 474 g/mol. The second-order valence-electron chi connectivity index (χ2n) is 9.46. The second kappa shape index (κ2) is 11.7. The molecule has 0 fully saturated rings. The van der Waals surface area contributed by atoms with Crippen LogP contribution in [0.2, 0.25) is 0 Å².